The third kappa shape index (κ3) is 3.03. The molecule has 0 spiro atoms. The van der Waals surface area contributed by atoms with Gasteiger partial charge in [-0.15, -0.1) is 0 Å². The summed E-state index contributed by atoms with van der Waals surface area (Å²) in [5.74, 6) is -1.59. The van der Waals surface area contributed by atoms with Crippen LogP contribution in [0.15, 0.2) is 54.6 Å². The second-order valence-electron chi connectivity index (χ2n) is 4.55. The molecule has 0 saturated heterocycles. The summed E-state index contributed by atoms with van der Waals surface area (Å²) in [6, 6.07) is 14.6. The molecule has 1 unspecified atom stereocenters. The number of aliphatic carboxylic acids is 1. The van der Waals surface area contributed by atoms with Crippen LogP contribution in [0.4, 0.5) is 4.39 Å². The van der Waals surface area contributed by atoms with Crippen LogP contribution in [-0.2, 0) is 10.3 Å². The molecule has 0 fully saturated rings. The van der Waals surface area contributed by atoms with Gasteiger partial charge >= 0.3 is 5.97 Å². The van der Waals surface area contributed by atoms with E-state index in [-0.39, 0.29) is 12.4 Å². The van der Waals surface area contributed by atoms with Crippen molar-refractivity contribution in [2.24, 2.45) is 0 Å². The van der Waals surface area contributed by atoms with E-state index in [4.69, 9.17) is 4.74 Å². The minimum Gasteiger partial charge on any atom is -0.488 e. The van der Waals surface area contributed by atoms with Crippen LogP contribution in [0.25, 0.3) is 0 Å². The number of benzene rings is 2. The smallest absolute Gasteiger partial charge is 0.332 e. The van der Waals surface area contributed by atoms with Crippen molar-refractivity contribution >= 4 is 5.97 Å². The van der Waals surface area contributed by atoms with Gasteiger partial charge in [-0.25, -0.2) is 9.18 Å². The average molecular weight is 289 g/mol. The van der Waals surface area contributed by atoms with Crippen molar-refractivity contribution in [2.45, 2.75) is 5.54 Å². The molecule has 4 nitrogen and oxygen atoms in total. The molecule has 0 aliphatic carbocycles. The van der Waals surface area contributed by atoms with Gasteiger partial charge in [0.2, 0.25) is 0 Å². The molecule has 5 heteroatoms. The fourth-order valence-electron chi connectivity index (χ4n) is 2.06. The second-order valence-corrected chi connectivity index (χ2v) is 4.55. The van der Waals surface area contributed by atoms with E-state index in [1.54, 1.807) is 42.5 Å². The van der Waals surface area contributed by atoms with Crippen molar-refractivity contribution in [3.05, 3.63) is 66.0 Å². The number of hydrogen-bond acceptors (Lipinski definition) is 3. The summed E-state index contributed by atoms with van der Waals surface area (Å²) in [6.45, 7) is -0.232. The maximum Gasteiger partial charge on any atom is 0.332 e. The van der Waals surface area contributed by atoms with Crippen molar-refractivity contribution in [3.63, 3.8) is 0 Å². The molecule has 0 heterocycles. The minimum absolute atomic E-state index is 0.0225. The topological polar surface area (TPSA) is 58.6 Å². The van der Waals surface area contributed by atoms with Gasteiger partial charge in [-0.05, 0) is 24.7 Å². The molecule has 0 saturated carbocycles. The molecule has 0 amide bonds. The van der Waals surface area contributed by atoms with Crippen LogP contribution >= 0.6 is 0 Å². The number of carboxylic acids is 1. The Hall–Kier alpha value is -2.40. The number of halogens is 1. The van der Waals surface area contributed by atoms with Gasteiger partial charge in [0.05, 0.1) is 0 Å². The van der Waals surface area contributed by atoms with Crippen molar-refractivity contribution in [1.82, 2.24) is 5.32 Å². The fraction of sp³-hybridized carbons (Fsp3) is 0.188. The Kier molecular flexibility index (Phi) is 4.55. The predicted octanol–water partition coefficient (Wildman–Crippen LogP) is 2.40. The highest BCUT2D eigenvalue weighted by Crippen LogP contribution is 2.24. The molecule has 2 aromatic rings. The highest BCUT2D eigenvalue weighted by atomic mass is 19.1. The number of ether oxygens (including phenoxy) is 1. The lowest BCUT2D eigenvalue weighted by atomic mass is 9.91. The summed E-state index contributed by atoms with van der Waals surface area (Å²) in [6.07, 6.45) is 0. The van der Waals surface area contributed by atoms with Crippen molar-refractivity contribution < 1.29 is 19.0 Å². The number of carbonyl (C=O) groups is 1. The molecule has 2 rings (SSSR count). The number of likely N-dealkylation sites (N-methyl/N-ethyl adjacent to an activating group) is 1. The molecule has 0 bridgehead atoms. The minimum atomic E-state index is -1.44. The monoisotopic (exact) mass is 289 g/mol. The highest BCUT2D eigenvalue weighted by molar-refractivity contribution is 5.81. The molecular formula is C16H16FNO3. The third-order valence-electron chi connectivity index (χ3n) is 3.34. The molecule has 0 radical (unpaired) electrons. The first-order valence-corrected chi connectivity index (χ1v) is 6.45. The predicted molar refractivity (Wildman–Crippen MR) is 76.7 cm³/mol. The normalized spacial score (nSPS) is 13.4. The van der Waals surface area contributed by atoms with Crippen LogP contribution in [0.3, 0.4) is 0 Å². The average Bonchev–Trinajstić information content (AvgIpc) is 2.51. The zero-order chi connectivity index (χ0) is 15.3. The summed E-state index contributed by atoms with van der Waals surface area (Å²) in [5, 5.41) is 12.4. The quantitative estimate of drug-likeness (QED) is 0.857. The summed E-state index contributed by atoms with van der Waals surface area (Å²) < 4.78 is 19.0. The molecule has 0 aliphatic heterocycles. The molecule has 2 aromatic carbocycles. The lowest BCUT2D eigenvalue weighted by Gasteiger charge is -2.29. The highest BCUT2D eigenvalue weighted by Gasteiger charge is 2.40. The van der Waals surface area contributed by atoms with E-state index in [2.05, 4.69) is 5.32 Å². The standard InChI is InChI=1S/C16H16FNO3/c1-18-16(15(19)20,12-7-3-2-4-8-12)11-21-14-10-6-5-9-13(14)17/h2-10,18H,11H2,1H3,(H,19,20). The first-order chi connectivity index (χ1) is 10.1. The van der Waals surface area contributed by atoms with E-state index in [0.29, 0.717) is 5.56 Å². The SMILES string of the molecule is CNC(COc1ccccc1F)(C(=O)O)c1ccccc1. The van der Waals surface area contributed by atoms with Crippen molar-refractivity contribution in [2.75, 3.05) is 13.7 Å². The Morgan fingerprint density at radius 3 is 2.38 bits per heavy atom. The number of carboxylic acid groups (broad SMARTS) is 1. The van der Waals surface area contributed by atoms with Gasteiger partial charge in [-0.1, -0.05) is 42.5 Å². The van der Waals surface area contributed by atoms with Crippen LogP contribution in [0.5, 0.6) is 5.75 Å². The molecule has 0 aliphatic rings. The van der Waals surface area contributed by atoms with E-state index in [9.17, 15) is 14.3 Å². The van der Waals surface area contributed by atoms with Crippen LogP contribution < -0.4 is 10.1 Å². The Morgan fingerprint density at radius 1 is 1.19 bits per heavy atom. The maximum atomic E-state index is 13.6. The number of rotatable bonds is 6. The third-order valence-corrected chi connectivity index (χ3v) is 3.34. The Morgan fingerprint density at radius 2 is 1.81 bits per heavy atom. The summed E-state index contributed by atoms with van der Waals surface area (Å²) >= 11 is 0. The number of hydrogen-bond donors (Lipinski definition) is 2. The van der Waals surface area contributed by atoms with Gasteiger partial charge in [-0.2, -0.15) is 0 Å². The molecule has 110 valence electrons. The summed E-state index contributed by atoms with van der Waals surface area (Å²) in [4.78, 5) is 11.7. The van der Waals surface area contributed by atoms with E-state index in [1.807, 2.05) is 0 Å². The lowest BCUT2D eigenvalue weighted by molar-refractivity contribution is -0.146. The van der Waals surface area contributed by atoms with Gasteiger partial charge in [-0.3, -0.25) is 5.32 Å². The van der Waals surface area contributed by atoms with Gasteiger partial charge in [0.25, 0.3) is 0 Å². The van der Waals surface area contributed by atoms with E-state index in [0.717, 1.165) is 0 Å². The largest absolute Gasteiger partial charge is 0.488 e. The first kappa shape index (κ1) is 15.0. The van der Waals surface area contributed by atoms with E-state index >= 15 is 0 Å². The van der Waals surface area contributed by atoms with Crippen LogP contribution in [0, 0.1) is 5.82 Å². The number of para-hydroxylation sites is 1. The summed E-state index contributed by atoms with van der Waals surface area (Å²) in [7, 11) is 1.53. The first-order valence-electron chi connectivity index (χ1n) is 6.45. The van der Waals surface area contributed by atoms with Gasteiger partial charge in [0.1, 0.15) is 6.61 Å². The van der Waals surface area contributed by atoms with Crippen LogP contribution in [-0.4, -0.2) is 24.7 Å². The van der Waals surface area contributed by atoms with Crippen molar-refractivity contribution in [1.29, 1.82) is 0 Å². The molecule has 21 heavy (non-hydrogen) atoms. The van der Waals surface area contributed by atoms with Crippen LogP contribution in [0.1, 0.15) is 5.56 Å². The van der Waals surface area contributed by atoms with Crippen LogP contribution in [0.2, 0.25) is 0 Å². The van der Waals surface area contributed by atoms with Gasteiger partial charge in [0, 0.05) is 0 Å². The number of nitrogens with one attached hydrogen (secondary N) is 1. The fourth-order valence-corrected chi connectivity index (χ4v) is 2.06. The van der Waals surface area contributed by atoms with E-state index < -0.39 is 17.3 Å². The summed E-state index contributed by atoms with van der Waals surface area (Å²) in [5.41, 5.74) is -0.903. The Labute approximate surface area is 122 Å². The molecule has 2 N–H and O–H groups in total. The van der Waals surface area contributed by atoms with Gasteiger partial charge in [0.15, 0.2) is 17.1 Å². The second kappa shape index (κ2) is 6.37. The lowest BCUT2D eigenvalue weighted by Crippen LogP contribution is -2.52. The zero-order valence-corrected chi connectivity index (χ0v) is 11.5. The van der Waals surface area contributed by atoms with Crippen molar-refractivity contribution in [3.8, 4) is 5.75 Å². The molecular weight excluding hydrogens is 273 g/mol. The zero-order valence-electron chi connectivity index (χ0n) is 11.5. The molecule has 0 aromatic heterocycles. The Balaban J connectivity index is 2.30. The molecule has 1 atom stereocenters. The van der Waals surface area contributed by atoms with Gasteiger partial charge < -0.3 is 9.84 Å². The Bertz CT molecular complexity index is 618. The maximum absolute atomic E-state index is 13.6. The van der Waals surface area contributed by atoms with E-state index in [1.165, 1.54) is 19.2 Å².